The Morgan fingerprint density at radius 1 is 1.19 bits per heavy atom. The lowest BCUT2D eigenvalue weighted by Gasteiger charge is -2.32. The number of rotatable bonds is 3. The Kier molecular flexibility index (Phi) is 4.34. The number of carbonyl (C=O) groups is 1. The van der Waals surface area contributed by atoms with Crippen molar-refractivity contribution >= 4 is 21.5 Å². The molecule has 0 aromatic carbocycles. The maximum Gasteiger partial charge on any atom is 0.255 e. The summed E-state index contributed by atoms with van der Waals surface area (Å²) in [5, 5.41) is 4.16. The van der Waals surface area contributed by atoms with Gasteiger partial charge in [0.15, 0.2) is 9.84 Å². The number of piperidine rings is 1. The lowest BCUT2D eigenvalue weighted by atomic mass is 9.93. The molecule has 1 fully saturated rings. The van der Waals surface area contributed by atoms with Crippen molar-refractivity contribution < 1.29 is 13.2 Å². The molecule has 1 aliphatic heterocycles. The van der Waals surface area contributed by atoms with Crippen LogP contribution in [0.15, 0.2) is 41.9 Å². The Hall–Kier alpha value is -2.88. The van der Waals surface area contributed by atoms with Crippen molar-refractivity contribution in [3.05, 3.63) is 48.3 Å². The van der Waals surface area contributed by atoms with Crippen molar-refractivity contribution in [2.45, 2.75) is 23.7 Å². The van der Waals surface area contributed by atoms with Crippen molar-refractivity contribution in [3.8, 4) is 0 Å². The lowest BCUT2D eigenvalue weighted by Crippen LogP contribution is -2.38. The molecule has 3 aromatic rings. The molecule has 0 spiro atoms. The van der Waals surface area contributed by atoms with Gasteiger partial charge < -0.3 is 4.90 Å². The van der Waals surface area contributed by atoms with Gasteiger partial charge in [-0.2, -0.15) is 14.6 Å². The zero-order chi connectivity index (χ0) is 19.0. The van der Waals surface area contributed by atoms with E-state index in [0.29, 0.717) is 43.0 Å². The highest BCUT2D eigenvalue weighted by molar-refractivity contribution is 7.90. The van der Waals surface area contributed by atoms with Crippen LogP contribution < -0.4 is 0 Å². The first-order valence-corrected chi connectivity index (χ1v) is 10.4. The quantitative estimate of drug-likeness (QED) is 0.659. The van der Waals surface area contributed by atoms with Crippen molar-refractivity contribution in [2.75, 3.05) is 19.3 Å². The Bertz CT molecular complexity index is 1090. The number of hydrogen-bond acceptors (Lipinski definition) is 7. The van der Waals surface area contributed by atoms with Crippen LogP contribution in [0.3, 0.4) is 0 Å². The van der Waals surface area contributed by atoms with Gasteiger partial charge in [0.25, 0.3) is 11.7 Å². The molecule has 0 radical (unpaired) electrons. The lowest BCUT2D eigenvalue weighted by molar-refractivity contribution is 0.0710. The van der Waals surface area contributed by atoms with E-state index in [9.17, 15) is 13.2 Å². The second-order valence-electron chi connectivity index (χ2n) is 6.56. The fraction of sp³-hybridized carbons (Fsp3) is 0.353. The summed E-state index contributed by atoms with van der Waals surface area (Å²) >= 11 is 0. The van der Waals surface area contributed by atoms with Gasteiger partial charge in [-0.15, -0.1) is 0 Å². The van der Waals surface area contributed by atoms with E-state index in [1.54, 1.807) is 29.4 Å². The second-order valence-corrected chi connectivity index (χ2v) is 8.54. The van der Waals surface area contributed by atoms with Gasteiger partial charge in [-0.25, -0.2) is 13.4 Å². The van der Waals surface area contributed by atoms with Crippen LogP contribution in [-0.4, -0.2) is 63.1 Å². The molecule has 9 nitrogen and oxygen atoms in total. The van der Waals surface area contributed by atoms with Crippen LogP contribution in [0.2, 0.25) is 0 Å². The molecule has 10 heteroatoms. The molecule has 1 amide bonds. The number of aromatic nitrogens is 5. The Morgan fingerprint density at radius 3 is 2.63 bits per heavy atom. The summed E-state index contributed by atoms with van der Waals surface area (Å²) in [5.41, 5.74) is 1.14. The van der Waals surface area contributed by atoms with Gasteiger partial charge in [-0.1, -0.05) is 0 Å². The topological polar surface area (TPSA) is 110 Å². The first kappa shape index (κ1) is 17.5. The van der Waals surface area contributed by atoms with Crippen molar-refractivity contribution in [1.82, 2.24) is 29.5 Å². The smallest absolute Gasteiger partial charge is 0.255 e. The molecule has 0 atom stereocenters. The minimum Gasteiger partial charge on any atom is -0.339 e. The molecule has 0 saturated carbocycles. The van der Waals surface area contributed by atoms with Gasteiger partial charge in [-0.05, 0) is 25.0 Å². The average Bonchev–Trinajstić information content (AvgIpc) is 3.15. The summed E-state index contributed by atoms with van der Waals surface area (Å²) in [6.07, 6.45) is 8.32. The molecule has 0 bridgehead atoms. The predicted octanol–water partition coefficient (Wildman–Crippen LogP) is 0.943. The molecular formula is C17H18N6O3S. The minimum absolute atomic E-state index is 0.0557. The Balaban J connectivity index is 1.62. The van der Waals surface area contributed by atoms with Crippen LogP contribution in [0.5, 0.6) is 0 Å². The molecule has 4 rings (SSSR count). The van der Waals surface area contributed by atoms with E-state index in [-0.39, 0.29) is 16.7 Å². The van der Waals surface area contributed by atoms with Crippen LogP contribution in [-0.2, 0) is 9.84 Å². The van der Waals surface area contributed by atoms with E-state index in [1.807, 2.05) is 0 Å². The van der Waals surface area contributed by atoms with Crippen molar-refractivity contribution in [3.63, 3.8) is 0 Å². The third-order valence-corrected chi connectivity index (χ3v) is 5.90. The Morgan fingerprint density at radius 2 is 1.96 bits per heavy atom. The number of fused-ring (bicyclic) bond motifs is 1. The van der Waals surface area contributed by atoms with Crippen LogP contribution in [0, 0.1) is 0 Å². The molecule has 3 aromatic heterocycles. The molecular weight excluding hydrogens is 368 g/mol. The van der Waals surface area contributed by atoms with Gasteiger partial charge in [0.2, 0.25) is 0 Å². The molecule has 0 N–H and O–H groups in total. The number of likely N-dealkylation sites (tertiary alicyclic amines) is 1. The number of hydrogen-bond donors (Lipinski definition) is 0. The van der Waals surface area contributed by atoms with E-state index in [4.69, 9.17) is 0 Å². The normalized spacial score (nSPS) is 16.0. The molecule has 140 valence electrons. The van der Waals surface area contributed by atoms with Crippen LogP contribution in [0.4, 0.5) is 0 Å². The summed E-state index contributed by atoms with van der Waals surface area (Å²) in [4.78, 5) is 26.7. The third kappa shape index (κ3) is 3.27. The number of pyridine rings is 1. The zero-order valence-corrected chi connectivity index (χ0v) is 15.5. The first-order chi connectivity index (χ1) is 12.9. The SMILES string of the molecule is CS(=O)(=O)c1cnc2ncnn2c1C1CCN(C(=O)c2cccnc2)CC1. The number of carbonyl (C=O) groups excluding carboxylic acids is 1. The van der Waals surface area contributed by atoms with Gasteiger partial charge >= 0.3 is 0 Å². The molecule has 1 aliphatic rings. The highest BCUT2D eigenvalue weighted by Crippen LogP contribution is 2.32. The number of sulfone groups is 1. The van der Waals surface area contributed by atoms with Gasteiger partial charge in [0.1, 0.15) is 11.2 Å². The minimum atomic E-state index is -3.46. The molecule has 0 unspecified atom stereocenters. The fourth-order valence-corrected chi connectivity index (χ4v) is 4.35. The van der Waals surface area contributed by atoms with Crippen LogP contribution >= 0.6 is 0 Å². The highest BCUT2D eigenvalue weighted by atomic mass is 32.2. The summed E-state index contributed by atoms with van der Waals surface area (Å²) in [6, 6.07) is 3.47. The third-order valence-electron chi connectivity index (χ3n) is 4.78. The summed E-state index contributed by atoms with van der Waals surface area (Å²) in [5.74, 6) is 0.247. The summed E-state index contributed by atoms with van der Waals surface area (Å²) in [6.45, 7) is 1.06. The van der Waals surface area contributed by atoms with E-state index < -0.39 is 9.84 Å². The van der Waals surface area contributed by atoms with Gasteiger partial charge in [-0.3, -0.25) is 9.78 Å². The van der Waals surface area contributed by atoms with Crippen LogP contribution in [0.1, 0.15) is 34.8 Å². The second kappa shape index (κ2) is 6.69. The monoisotopic (exact) mass is 386 g/mol. The van der Waals surface area contributed by atoms with E-state index in [0.717, 1.165) is 6.26 Å². The molecule has 1 saturated heterocycles. The van der Waals surface area contributed by atoms with E-state index >= 15 is 0 Å². The maximum absolute atomic E-state index is 12.6. The number of nitrogens with zero attached hydrogens (tertiary/aromatic N) is 6. The standard InChI is InChI=1S/C17H18N6O3S/c1-27(25,26)14-10-19-17-20-11-21-23(17)15(14)12-4-7-22(8-5-12)16(24)13-3-2-6-18-9-13/h2-3,6,9-12H,4-5,7-8H2,1H3. The number of amides is 1. The summed E-state index contributed by atoms with van der Waals surface area (Å²) < 4.78 is 26.0. The highest BCUT2D eigenvalue weighted by Gasteiger charge is 2.30. The molecule has 0 aliphatic carbocycles. The maximum atomic E-state index is 12.6. The zero-order valence-electron chi connectivity index (χ0n) is 14.7. The predicted molar refractivity (Wildman–Crippen MR) is 96.0 cm³/mol. The van der Waals surface area contributed by atoms with E-state index in [2.05, 4.69) is 20.1 Å². The van der Waals surface area contributed by atoms with Crippen molar-refractivity contribution in [1.29, 1.82) is 0 Å². The average molecular weight is 386 g/mol. The van der Waals surface area contributed by atoms with Crippen molar-refractivity contribution in [2.24, 2.45) is 0 Å². The fourth-order valence-electron chi connectivity index (χ4n) is 3.47. The molecule has 4 heterocycles. The van der Waals surface area contributed by atoms with Crippen LogP contribution in [0.25, 0.3) is 5.78 Å². The molecule has 27 heavy (non-hydrogen) atoms. The summed E-state index contributed by atoms with van der Waals surface area (Å²) in [7, 11) is -3.46. The largest absolute Gasteiger partial charge is 0.339 e. The van der Waals surface area contributed by atoms with Gasteiger partial charge in [0, 0.05) is 37.7 Å². The Labute approximate surface area is 156 Å². The first-order valence-electron chi connectivity index (χ1n) is 8.53. The van der Waals surface area contributed by atoms with E-state index in [1.165, 1.54) is 17.0 Å². The van der Waals surface area contributed by atoms with Gasteiger partial charge in [0.05, 0.1) is 17.5 Å².